The van der Waals surface area contributed by atoms with E-state index in [-0.39, 0.29) is 0 Å². The summed E-state index contributed by atoms with van der Waals surface area (Å²) in [6.45, 7) is 0. The van der Waals surface area contributed by atoms with Crippen LogP contribution < -0.4 is 21.5 Å². The zero-order valence-electron chi connectivity index (χ0n) is 7.38. The number of nitrogen functional groups attached to an aromatic ring is 1. The summed E-state index contributed by atoms with van der Waals surface area (Å²) in [5, 5.41) is 3.57. The van der Waals surface area contributed by atoms with Gasteiger partial charge in [-0.3, -0.25) is 4.79 Å². The smallest absolute Gasteiger partial charge is 0.261 e. The number of hydrogen-bond donors (Lipinski definition) is 3. The van der Waals surface area contributed by atoms with Gasteiger partial charge in [-0.25, -0.2) is 0 Å². The lowest BCUT2D eigenvalue weighted by atomic mass is 10.3. The van der Waals surface area contributed by atoms with Crippen LogP contribution in [0.2, 0.25) is 0 Å². The topological polar surface area (TPSA) is 90.4 Å². The summed E-state index contributed by atoms with van der Waals surface area (Å²) in [5.74, 6) is -0.0661. The van der Waals surface area contributed by atoms with E-state index in [1.165, 1.54) is 18.4 Å². The second-order valence-electron chi connectivity index (χ2n) is 2.32. The fraction of sp³-hybridized carbons (Fsp3) is 0.286. The molecule has 1 amide bonds. The molecule has 0 fully saturated rings. The fourth-order valence-corrected chi connectivity index (χ4v) is 1.87. The van der Waals surface area contributed by atoms with Crippen molar-refractivity contribution >= 4 is 27.9 Å². The molecule has 0 unspecified atom stereocenters. The van der Waals surface area contributed by atoms with Crippen molar-refractivity contribution in [2.75, 3.05) is 25.2 Å². The van der Waals surface area contributed by atoms with Crippen LogP contribution in [0.15, 0.2) is 0 Å². The maximum absolute atomic E-state index is 10.9. The third kappa shape index (κ3) is 1.52. The Balaban J connectivity index is 3.26. The lowest BCUT2D eigenvalue weighted by Crippen LogP contribution is -2.10. The van der Waals surface area contributed by atoms with Gasteiger partial charge in [0.05, 0.1) is 7.11 Å². The average Bonchev–Trinajstić information content (AvgIpc) is 2.41. The number of hydrogen-bond acceptors (Lipinski definition) is 5. The van der Waals surface area contributed by atoms with E-state index in [0.717, 1.165) is 0 Å². The Morgan fingerprint density at radius 2 is 2.23 bits per heavy atom. The quantitative estimate of drug-likeness (QED) is 0.663. The molecule has 1 aromatic heterocycles. The Kier molecular flexibility index (Phi) is 2.62. The minimum Gasteiger partial charge on any atom is -0.492 e. The standard InChI is InChI=1S/C7H11N3O2S/c1-10-7-4(12-2)3(8)5(13-7)6(9)11/h10H,8H2,1-2H3,(H2,9,11). The molecule has 5 nitrogen and oxygen atoms in total. The van der Waals surface area contributed by atoms with Gasteiger partial charge in [-0.05, 0) is 0 Å². The Morgan fingerprint density at radius 3 is 2.54 bits per heavy atom. The molecule has 0 saturated carbocycles. The Morgan fingerprint density at radius 1 is 1.62 bits per heavy atom. The van der Waals surface area contributed by atoms with Crippen molar-refractivity contribution in [1.29, 1.82) is 0 Å². The van der Waals surface area contributed by atoms with Gasteiger partial charge in [-0.2, -0.15) is 0 Å². The maximum atomic E-state index is 10.9. The molecule has 13 heavy (non-hydrogen) atoms. The van der Waals surface area contributed by atoms with Crippen molar-refractivity contribution in [3.05, 3.63) is 4.88 Å². The lowest BCUT2D eigenvalue weighted by molar-refractivity contribution is 0.100. The van der Waals surface area contributed by atoms with E-state index in [2.05, 4.69) is 5.32 Å². The number of anilines is 2. The molecule has 0 aliphatic heterocycles. The lowest BCUT2D eigenvalue weighted by Gasteiger charge is -2.01. The van der Waals surface area contributed by atoms with E-state index in [1.54, 1.807) is 7.05 Å². The van der Waals surface area contributed by atoms with Crippen molar-refractivity contribution in [2.45, 2.75) is 0 Å². The van der Waals surface area contributed by atoms with Crippen LogP contribution in [0, 0.1) is 0 Å². The largest absolute Gasteiger partial charge is 0.492 e. The van der Waals surface area contributed by atoms with Gasteiger partial charge in [0.25, 0.3) is 5.91 Å². The highest BCUT2D eigenvalue weighted by Crippen LogP contribution is 2.41. The first kappa shape index (κ1) is 9.66. The normalized spacial score (nSPS) is 9.69. The molecule has 0 aliphatic carbocycles. The number of amides is 1. The van der Waals surface area contributed by atoms with Crippen molar-refractivity contribution in [1.82, 2.24) is 0 Å². The first-order valence-electron chi connectivity index (χ1n) is 3.55. The van der Waals surface area contributed by atoms with Gasteiger partial charge in [0.2, 0.25) is 0 Å². The molecule has 0 saturated heterocycles. The van der Waals surface area contributed by atoms with Gasteiger partial charge in [0.1, 0.15) is 15.6 Å². The minimum atomic E-state index is -0.540. The molecule has 0 radical (unpaired) electrons. The second-order valence-corrected chi connectivity index (χ2v) is 3.34. The van der Waals surface area contributed by atoms with E-state index in [9.17, 15) is 4.79 Å². The number of ether oxygens (including phenoxy) is 1. The SMILES string of the molecule is CNc1sc(C(N)=O)c(N)c1OC. The Hall–Kier alpha value is -1.43. The average molecular weight is 201 g/mol. The van der Waals surface area contributed by atoms with E-state index in [1.807, 2.05) is 0 Å². The van der Waals surface area contributed by atoms with Crippen molar-refractivity contribution in [3.8, 4) is 5.75 Å². The van der Waals surface area contributed by atoms with Gasteiger partial charge in [0.15, 0.2) is 5.75 Å². The number of thiophene rings is 1. The predicted octanol–water partition coefficient (Wildman–Crippen LogP) is 0.479. The van der Waals surface area contributed by atoms with Crippen molar-refractivity contribution < 1.29 is 9.53 Å². The highest BCUT2D eigenvalue weighted by atomic mass is 32.1. The molecular weight excluding hydrogens is 190 g/mol. The molecule has 0 aromatic carbocycles. The molecule has 0 aliphatic rings. The zero-order valence-corrected chi connectivity index (χ0v) is 8.20. The summed E-state index contributed by atoms with van der Waals surface area (Å²) in [6.07, 6.45) is 0. The molecule has 0 spiro atoms. The number of nitrogens with one attached hydrogen (secondary N) is 1. The van der Waals surface area contributed by atoms with Crippen LogP contribution in [0.3, 0.4) is 0 Å². The summed E-state index contributed by atoms with van der Waals surface area (Å²) in [5.41, 5.74) is 11.0. The first-order chi connectivity index (χ1) is 6.11. The third-order valence-corrected chi connectivity index (χ3v) is 2.77. The summed E-state index contributed by atoms with van der Waals surface area (Å²) in [7, 11) is 3.21. The molecule has 72 valence electrons. The van der Waals surface area contributed by atoms with Crippen LogP contribution in [0.25, 0.3) is 0 Å². The number of nitrogens with two attached hydrogens (primary N) is 2. The highest BCUT2D eigenvalue weighted by molar-refractivity contribution is 7.19. The molecule has 0 bridgehead atoms. The Bertz CT molecular complexity index is 335. The molecule has 1 rings (SSSR count). The monoisotopic (exact) mass is 201 g/mol. The maximum Gasteiger partial charge on any atom is 0.261 e. The third-order valence-electron chi connectivity index (χ3n) is 1.55. The van der Waals surface area contributed by atoms with Gasteiger partial charge in [-0.1, -0.05) is 0 Å². The van der Waals surface area contributed by atoms with Crippen molar-refractivity contribution in [3.63, 3.8) is 0 Å². The molecule has 1 aromatic rings. The highest BCUT2D eigenvalue weighted by Gasteiger charge is 2.18. The molecule has 5 N–H and O–H groups in total. The molecule has 6 heteroatoms. The fourth-order valence-electron chi connectivity index (χ4n) is 0.979. The van der Waals surface area contributed by atoms with Gasteiger partial charge < -0.3 is 21.5 Å². The van der Waals surface area contributed by atoms with E-state index >= 15 is 0 Å². The van der Waals surface area contributed by atoms with Crippen LogP contribution in [-0.2, 0) is 0 Å². The predicted molar refractivity (Wildman–Crippen MR) is 53.3 cm³/mol. The van der Waals surface area contributed by atoms with Crippen LogP contribution in [0.4, 0.5) is 10.7 Å². The van der Waals surface area contributed by atoms with Crippen LogP contribution in [0.1, 0.15) is 9.67 Å². The molecule has 1 heterocycles. The number of primary amides is 1. The molecular formula is C7H11N3O2S. The number of carbonyl (C=O) groups is 1. The summed E-state index contributed by atoms with van der Waals surface area (Å²) in [4.78, 5) is 11.2. The second kappa shape index (κ2) is 3.53. The minimum absolute atomic E-state index is 0.296. The number of carbonyl (C=O) groups excluding carboxylic acids is 1. The summed E-state index contributed by atoms with van der Waals surface area (Å²) in [6, 6.07) is 0. The first-order valence-corrected chi connectivity index (χ1v) is 4.37. The van der Waals surface area contributed by atoms with Gasteiger partial charge in [0, 0.05) is 7.05 Å². The summed E-state index contributed by atoms with van der Waals surface area (Å²) < 4.78 is 5.01. The van der Waals surface area contributed by atoms with E-state index in [0.29, 0.717) is 21.3 Å². The molecule has 0 atom stereocenters. The van der Waals surface area contributed by atoms with Crippen molar-refractivity contribution in [2.24, 2.45) is 5.73 Å². The summed E-state index contributed by atoms with van der Waals surface area (Å²) >= 11 is 1.18. The van der Waals surface area contributed by atoms with Crippen LogP contribution in [0.5, 0.6) is 5.75 Å². The number of rotatable bonds is 3. The van der Waals surface area contributed by atoms with Crippen LogP contribution in [-0.4, -0.2) is 20.1 Å². The number of methoxy groups -OCH3 is 1. The Labute approximate surface area is 79.7 Å². The van der Waals surface area contributed by atoms with E-state index < -0.39 is 5.91 Å². The van der Waals surface area contributed by atoms with Gasteiger partial charge in [-0.15, -0.1) is 11.3 Å². The zero-order chi connectivity index (χ0) is 10.0. The van der Waals surface area contributed by atoms with Gasteiger partial charge >= 0.3 is 0 Å². The van der Waals surface area contributed by atoms with E-state index in [4.69, 9.17) is 16.2 Å². The van der Waals surface area contributed by atoms with Crippen LogP contribution >= 0.6 is 11.3 Å².